The van der Waals surface area contributed by atoms with Crippen LogP contribution >= 0.6 is 11.3 Å². The van der Waals surface area contributed by atoms with Gasteiger partial charge in [-0.2, -0.15) is 0 Å². The molecule has 0 saturated carbocycles. The Morgan fingerprint density at radius 1 is 1.47 bits per heavy atom. The molecule has 0 radical (unpaired) electrons. The first-order valence-electron chi connectivity index (χ1n) is 5.41. The highest BCUT2D eigenvalue weighted by Gasteiger charge is 2.04. The molecule has 0 atom stereocenters. The fraction of sp³-hybridized carbons (Fsp3) is 0.231. The highest BCUT2D eigenvalue weighted by atomic mass is 32.1. The predicted molar refractivity (Wildman–Crippen MR) is 70.4 cm³/mol. The highest BCUT2D eigenvalue weighted by molar-refractivity contribution is 7.15. The number of hydrogen-bond acceptors (Lipinski definition) is 3. The van der Waals surface area contributed by atoms with Crippen molar-refractivity contribution in [2.45, 2.75) is 20.3 Å². The summed E-state index contributed by atoms with van der Waals surface area (Å²) in [5.74, 6) is -0.0820. The molecule has 4 heteroatoms. The van der Waals surface area contributed by atoms with Gasteiger partial charge in [-0.05, 0) is 12.5 Å². The number of anilines is 1. The number of amides is 1. The second-order valence-electron chi connectivity index (χ2n) is 3.98. The molecule has 2 rings (SSSR count). The van der Waals surface area contributed by atoms with Crippen LogP contribution < -0.4 is 5.32 Å². The number of carbonyl (C=O) groups excluding carboxylic acids is 1. The lowest BCUT2D eigenvalue weighted by Crippen LogP contribution is -2.04. The van der Waals surface area contributed by atoms with Gasteiger partial charge in [-0.3, -0.25) is 4.79 Å². The molecule has 1 heterocycles. The van der Waals surface area contributed by atoms with Gasteiger partial charge in [0.05, 0.1) is 0 Å². The fourth-order valence-electron chi connectivity index (χ4n) is 1.62. The molecule has 88 valence electrons. The lowest BCUT2D eigenvalue weighted by atomic mass is 10.1. The number of aromatic nitrogens is 1. The Morgan fingerprint density at radius 2 is 2.29 bits per heavy atom. The standard InChI is InChI=1S/C13H14N2OS/c1-9-4-3-5-11(6-9)7-12-8-14-13(17-12)15-10(2)16/h3-6,8H,7H2,1-2H3,(H,14,15,16). The first kappa shape index (κ1) is 11.8. The number of nitrogens with one attached hydrogen (secondary N) is 1. The van der Waals surface area contributed by atoms with Crippen LogP contribution in [-0.4, -0.2) is 10.9 Å². The maximum Gasteiger partial charge on any atom is 0.223 e. The SMILES string of the molecule is CC(=O)Nc1ncc(Cc2cccc(C)c2)s1. The zero-order chi connectivity index (χ0) is 12.3. The van der Waals surface area contributed by atoms with Gasteiger partial charge in [-0.25, -0.2) is 4.98 Å². The Labute approximate surface area is 105 Å². The molecular formula is C13H14N2OS. The van der Waals surface area contributed by atoms with Gasteiger partial charge in [0.15, 0.2) is 5.13 Å². The molecule has 17 heavy (non-hydrogen) atoms. The molecule has 3 nitrogen and oxygen atoms in total. The summed E-state index contributed by atoms with van der Waals surface area (Å²) in [7, 11) is 0. The van der Waals surface area contributed by atoms with E-state index in [1.165, 1.54) is 29.4 Å². The minimum atomic E-state index is -0.0820. The topological polar surface area (TPSA) is 42.0 Å². The number of carbonyl (C=O) groups is 1. The number of nitrogens with zero attached hydrogens (tertiary/aromatic N) is 1. The van der Waals surface area contributed by atoms with Gasteiger partial charge >= 0.3 is 0 Å². The van der Waals surface area contributed by atoms with E-state index in [1.807, 2.05) is 6.20 Å². The third kappa shape index (κ3) is 3.39. The van der Waals surface area contributed by atoms with E-state index in [4.69, 9.17) is 0 Å². The largest absolute Gasteiger partial charge is 0.302 e. The summed E-state index contributed by atoms with van der Waals surface area (Å²) in [5, 5.41) is 3.36. The van der Waals surface area contributed by atoms with Crippen LogP contribution in [0.2, 0.25) is 0 Å². The Bertz CT molecular complexity index is 534. The van der Waals surface area contributed by atoms with Gasteiger partial charge in [0.2, 0.25) is 5.91 Å². The molecule has 0 unspecified atom stereocenters. The number of aryl methyl sites for hydroxylation is 1. The van der Waals surface area contributed by atoms with Gasteiger partial charge < -0.3 is 5.32 Å². The minimum absolute atomic E-state index is 0.0820. The van der Waals surface area contributed by atoms with Crippen LogP contribution in [0.15, 0.2) is 30.5 Å². The van der Waals surface area contributed by atoms with E-state index in [1.54, 1.807) is 0 Å². The molecule has 0 saturated heterocycles. The summed E-state index contributed by atoms with van der Waals surface area (Å²) in [6.45, 7) is 3.57. The van der Waals surface area contributed by atoms with E-state index >= 15 is 0 Å². The zero-order valence-electron chi connectivity index (χ0n) is 9.86. The average Bonchev–Trinajstić information content (AvgIpc) is 2.64. The second-order valence-corrected chi connectivity index (χ2v) is 5.09. The van der Waals surface area contributed by atoms with Crippen molar-refractivity contribution in [3.63, 3.8) is 0 Å². The summed E-state index contributed by atoms with van der Waals surface area (Å²) >= 11 is 1.52. The Balaban J connectivity index is 2.08. The van der Waals surface area contributed by atoms with Crippen molar-refractivity contribution in [1.82, 2.24) is 4.98 Å². The molecule has 0 fully saturated rings. The number of rotatable bonds is 3. The Morgan fingerprint density at radius 3 is 3.00 bits per heavy atom. The van der Waals surface area contributed by atoms with Crippen molar-refractivity contribution in [2.75, 3.05) is 5.32 Å². The van der Waals surface area contributed by atoms with E-state index in [0.717, 1.165) is 11.3 Å². The van der Waals surface area contributed by atoms with Crippen LogP contribution in [0.5, 0.6) is 0 Å². The van der Waals surface area contributed by atoms with E-state index in [0.29, 0.717) is 5.13 Å². The summed E-state index contributed by atoms with van der Waals surface area (Å²) in [6, 6.07) is 8.40. The summed E-state index contributed by atoms with van der Waals surface area (Å²) in [4.78, 5) is 16.2. The van der Waals surface area contributed by atoms with Crippen LogP contribution in [0, 0.1) is 6.92 Å². The third-order valence-electron chi connectivity index (χ3n) is 2.30. The highest BCUT2D eigenvalue weighted by Crippen LogP contribution is 2.21. The average molecular weight is 246 g/mol. The van der Waals surface area contributed by atoms with Gasteiger partial charge in [0, 0.05) is 24.4 Å². The summed E-state index contributed by atoms with van der Waals surface area (Å²) in [5.41, 5.74) is 2.53. The van der Waals surface area contributed by atoms with E-state index in [-0.39, 0.29) is 5.91 Å². The quantitative estimate of drug-likeness (QED) is 0.904. The molecule has 0 aliphatic rings. The van der Waals surface area contributed by atoms with Crippen molar-refractivity contribution in [3.05, 3.63) is 46.5 Å². The Hall–Kier alpha value is -1.68. The third-order valence-corrected chi connectivity index (χ3v) is 3.21. The van der Waals surface area contributed by atoms with E-state index in [2.05, 4.69) is 41.5 Å². The van der Waals surface area contributed by atoms with Crippen LogP contribution in [0.4, 0.5) is 5.13 Å². The molecule has 0 bridgehead atoms. The molecule has 0 aliphatic heterocycles. The first-order valence-corrected chi connectivity index (χ1v) is 6.23. The summed E-state index contributed by atoms with van der Waals surface area (Å²) < 4.78 is 0. The minimum Gasteiger partial charge on any atom is -0.302 e. The lowest BCUT2D eigenvalue weighted by molar-refractivity contribution is -0.114. The molecule has 0 spiro atoms. The van der Waals surface area contributed by atoms with Gasteiger partial charge in [-0.1, -0.05) is 29.8 Å². The summed E-state index contributed by atoms with van der Waals surface area (Å²) in [6.07, 6.45) is 2.68. The molecular weight excluding hydrogens is 232 g/mol. The van der Waals surface area contributed by atoms with Crippen molar-refractivity contribution < 1.29 is 4.79 Å². The Kier molecular flexibility index (Phi) is 3.54. The maximum absolute atomic E-state index is 10.9. The van der Waals surface area contributed by atoms with Crippen LogP contribution in [0.3, 0.4) is 0 Å². The van der Waals surface area contributed by atoms with E-state index in [9.17, 15) is 4.79 Å². The molecule has 1 aromatic carbocycles. The van der Waals surface area contributed by atoms with Crippen LogP contribution in [0.25, 0.3) is 0 Å². The fourth-order valence-corrected chi connectivity index (χ4v) is 2.51. The number of hydrogen-bond donors (Lipinski definition) is 1. The second kappa shape index (κ2) is 5.10. The molecule has 1 amide bonds. The molecule has 0 aliphatic carbocycles. The van der Waals surface area contributed by atoms with Crippen LogP contribution in [-0.2, 0) is 11.2 Å². The van der Waals surface area contributed by atoms with E-state index < -0.39 is 0 Å². The first-order chi connectivity index (χ1) is 8.13. The zero-order valence-corrected chi connectivity index (χ0v) is 10.7. The van der Waals surface area contributed by atoms with Crippen molar-refractivity contribution in [3.8, 4) is 0 Å². The van der Waals surface area contributed by atoms with Crippen molar-refractivity contribution in [1.29, 1.82) is 0 Å². The molecule has 2 aromatic rings. The van der Waals surface area contributed by atoms with Gasteiger partial charge in [-0.15, -0.1) is 11.3 Å². The normalized spacial score (nSPS) is 10.2. The number of thiazole rings is 1. The number of benzene rings is 1. The van der Waals surface area contributed by atoms with Gasteiger partial charge in [0.25, 0.3) is 0 Å². The van der Waals surface area contributed by atoms with Crippen molar-refractivity contribution in [2.24, 2.45) is 0 Å². The van der Waals surface area contributed by atoms with Crippen LogP contribution in [0.1, 0.15) is 22.9 Å². The smallest absolute Gasteiger partial charge is 0.223 e. The van der Waals surface area contributed by atoms with Crippen molar-refractivity contribution >= 4 is 22.4 Å². The lowest BCUT2D eigenvalue weighted by Gasteiger charge is -1.99. The molecule has 1 N–H and O–H groups in total. The monoisotopic (exact) mass is 246 g/mol. The maximum atomic E-state index is 10.9. The predicted octanol–water partition coefficient (Wildman–Crippen LogP) is 3.00. The van der Waals surface area contributed by atoms with Gasteiger partial charge in [0.1, 0.15) is 0 Å². The molecule has 1 aromatic heterocycles.